The van der Waals surface area contributed by atoms with E-state index < -0.39 is 5.97 Å². The highest BCUT2D eigenvalue weighted by Crippen LogP contribution is 2.28. The van der Waals surface area contributed by atoms with Crippen LogP contribution in [0, 0.1) is 11.8 Å². The van der Waals surface area contributed by atoms with E-state index in [4.69, 9.17) is 5.11 Å². The fourth-order valence-electron chi connectivity index (χ4n) is 2.96. The highest BCUT2D eigenvalue weighted by molar-refractivity contribution is 5.75. The molecule has 1 saturated carbocycles. The van der Waals surface area contributed by atoms with Crippen LogP contribution < -0.4 is 5.32 Å². The lowest BCUT2D eigenvalue weighted by Crippen LogP contribution is -2.47. The molecule has 19 heavy (non-hydrogen) atoms. The van der Waals surface area contributed by atoms with Gasteiger partial charge in [-0.2, -0.15) is 0 Å². The van der Waals surface area contributed by atoms with Gasteiger partial charge < -0.3 is 15.3 Å². The largest absolute Gasteiger partial charge is 0.481 e. The third kappa shape index (κ3) is 5.49. The fraction of sp³-hybridized carbons (Fsp3) is 0.857. The molecule has 0 aromatic carbocycles. The van der Waals surface area contributed by atoms with Crippen LogP contribution in [0.3, 0.4) is 0 Å². The summed E-state index contributed by atoms with van der Waals surface area (Å²) >= 11 is 0. The monoisotopic (exact) mass is 270 g/mol. The molecule has 0 bridgehead atoms. The van der Waals surface area contributed by atoms with Crippen LogP contribution in [0.2, 0.25) is 0 Å². The zero-order valence-electron chi connectivity index (χ0n) is 12.2. The number of rotatable bonds is 5. The van der Waals surface area contributed by atoms with Gasteiger partial charge in [0.1, 0.15) is 0 Å². The van der Waals surface area contributed by atoms with Gasteiger partial charge in [-0.25, -0.2) is 4.79 Å². The molecule has 5 nitrogen and oxygen atoms in total. The van der Waals surface area contributed by atoms with Crippen LogP contribution in [0.4, 0.5) is 4.79 Å². The number of carboxylic acid groups (broad SMARTS) is 1. The molecule has 1 fully saturated rings. The number of nitrogens with one attached hydrogen (secondary N) is 1. The quantitative estimate of drug-likeness (QED) is 0.805. The van der Waals surface area contributed by atoms with E-state index in [1.807, 2.05) is 6.92 Å². The van der Waals surface area contributed by atoms with Crippen LogP contribution in [0.25, 0.3) is 0 Å². The van der Waals surface area contributed by atoms with Crippen LogP contribution in [-0.4, -0.2) is 41.1 Å². The number of nitrogens with zero attached hydrogens (tertiary/aromatic N) is 1. The Morgan fingerprint density at radius 3 is 2.26 bits per heavy atom. The lowest BCUT2D eigenvalue weighted by atomic mass is 9.80. The summed E-state index contributed by atoms with van der Waals surface area (Å²) < 4.78 is 0. The summed E-state index contributed by atoms with van der Waals surface area (Å²) in [7, 11) is 0. The second-order valence-corrected chi connectivity index (χ2v) is 5.79. The van der Waals surface area contributed by atoms with Gasteiger partial charge >= 0.3 is 12.0 Å². The summed E-state index contributed by atoms with van der Waals surface area (Å²) in [6.07, 6.45) is 3.26. The zero-order valence-corrected chi connectivity index (χ0v) is 12.2. The summed E-state index contributed by atoms with van der Waals surface area (Å²) in [5.41, 5.74) is 0. The highest BCUT2D eigenvalue weighted by atomic mass is 16.4. The van der Waals surface area contributed by atoms with Crippen molar-refractivity contribution in [3.63, 3.8) is 0 Å². The first-order valence-electron chi connectivity index (χ1n) is 7.19. The molecule has 1 aliphatic carbocycles. The molecule has 2 amide bonds. The van der Waals surface area contributed by atoms with Gasteiger partial charge in [-0.1, -0.05) is 13.8 Å². The Morgan fingerprint density at radius 1 is 1.21 bits per heavy atom. The van der Waals surface area contributed by atoms with E-state index in [-0.39, 0.29) is 25.0 Å². The van der Waals surface area contributed by atoms with Gasteiger partial charge in [-0.05, 0) is 38.0 Å². The Bertz CT molecular complexity index is 310. The Balaban J connectivity index is 2.45. The van der Waals surface area contributed by atoms with Crippen LogP contribution in [0.1, 0.15) is 46.5 Å². The first-order chi connectivity index (χ1) is 8.92. The summed E-state index contributed by atoms with van der Waals surface area (Å²) in [5, 5.41) is 11.7. The van der Waals surface area contributed by atoms with Gasteiger partial charge in [-0.3, -0.25) is 4.79 Å². The van der Waals surface area contributed by atoms with Crippen molar-refractivity contribution in [3.8, 4) is 0 Å². The number of hydrogen-bond acceptors (Lipinski definition) is 2. The number of urea groups is 1. The van der Waals surface area contributed by atoms with E-state index in [0.29, 0.717) is 18.4 Å². The minimum absolute atomic E-state index is 0.00126. The van der Waals surface area contributed by atoms with Gasteiger partial charge in [0.05, 0.1) is 6.42 Å². The van der Waals surface area contributed by atoms with Crippen LogP contribution >= 0.6 is 0 Å². The summed E-state index contributed by atoms with van der Waals surface area (Å²) in [6, 6.07) is 0.0974. The minimum Gasteiger partial charge on any atom is -0.481 e. The van der Waals surface area contributed by atoms with Crippen molar-refractivity contribution in [2.45, 2.75) is 52.5 Å². The van der Waals surface area contributed by atoms with Crippen LogP contribution in [0.15, 0.2) is 0 Å². The molecule has 0 heterocycles. The predicted molar refractivity (Wildman–Crippen MR) is 74.0 cm³/mol. The lowest BCUT2D eigenvalue weighted by Gasteiger charge is -2.33. The predicted octanol–water partition coefficient (Wildman–Crippen LogP) is 2.32. The van der Waals surface area contributed by atoms with Crippen molar-refractivity contribution in [3.05, 3.63) is 0 Å². The average Bonchev–Trinajstić information content (AvgIpc) is 2.27. The molecule has 0 aromatic heterocycles. The topological polar surface area (TPSA) is 69.6 Å². The number of carbonyl (C=O) groups is 2. The van der Waals surface area contributed by atoms with Crippen molar-refractivity contribution < 1.29 is 14.7 Å². The maximum atomic E-state index is 12.1. The normalized spacial score (nSPS) is 26.8. The summed E-state index contributed by atoms with van der Waals surface area (Å²) in [6.45, 7) is 7.12. The molecule has 2 atom stereocenters. The smallest absolute Gasteiger partial charge is 0.317 e. The van der Waals surface area contributed by atoms with Crippen molar-refractivity contribution in [2.75, 3.05) is 13.1 Å². The third-order valence-electron chi connectivity index (χ3n) is 3.77. The van der Waals surface area contributed by atoms with Gasteiger partial charge in [0.15, 0.2) is 0 Å². The molecule has 5 heteroatoms. The Kier molecular flexibility index (Phi) is 6.12. The second kappa shape index (κ2) is 7.36. The second-order valence-electron chi connectivity index (χ2n) is 5.79. The van der Waals surface area contributed by atoms with E-state index in [1.54, 1.807) is 4.90 Å². The standard InChI is InChI=1S/C14H26N2O3/c1-4-16(6-5-13(17)18)14(19)15-12-8-10(2)7-11(3)9-12/h10-12H,4-9H2,1-3H3,(H,15,19)(H,17,18). The first-order valence-corrected chi connectivity index (χ1v) is 7.19. The van der Waals surface area contributed by atoms with E-state index in [2.05, 4.69) is 19.2 Å². The fourth-order valence-corrected chi connectivity index (χ4v) is 2.96. The van der Waals surface area contributed by atoms with Crippen molar-refractivity contribution >= 4 is 12.0 Å². The Hall–Kier alpha value is -1.26. The van der Waals surface area contributed by atoms with E-state index in [0.717, 1.165) is 12.8 Å². The SMILES string of the molecule is CCN(CCC(=O)O)C(=O)NC1CC(C)CC(C)C1. The van der Waals surface area contributed by atoms with Crippen LogP contribution in [0.5, 0.6) is 0 Å². The Morgan fingerprint density at radius 2 is 1.79 bits per heavy atom. The lowest BCUT2D eigenvalue weighted by molar-refractivity contribution is -0.137. The molecular weight excluding hydrogens is 244 g/mol. The molecule has 0 spiro atoms. The third-order valence-corrected chi connectivity index (χ3v) is 3.77. The number of amides is 2. The van der Waals surface area contributed by atoms with Gasteiger partial charge in [0.2, 0.25) is 0 Å². The van der Waals surface area contributed by atoms with Gasteiger partial charge in [0.25, 0.3) is 0 Å². The molecule has 0 radical (unpaired) electrons. The van der Waals surface area contributed by atoms with Crippen molar-refractivity contribution in [2.24, 2.45) is 11.8 Å². The molecule has 0 aromatic rings. The Labute approximate surface area is 115 Å². The highest BCUT2D eigenvalue weighted by Gasteiger charge is 2.26. The van der Waals surface area contributed by atoms with Crippen molar-refractivity contribution in [1.82, 2.24) is 10.2 Å². The molecular formula is C14H26N2O3. The molecule has 1 aliphatic rings. The van der Waals surface area contributed by atoms with Crippen molar-refractivity contribution in [1.29, 1.82) is 0 Å². The van der Waals surface area contributed by atoms with Gasteiger partial charge in [0, 0.05) is 19.1 Å². The number of hydrogen-bond donors (Lipinski definition) is 2. The molecule has 0 saturated heterocycles. The van der Waals surface area contributed by atoms with E-state index in [1.165, 1.54) is 6.42 Å². The maximum absolute atomic E-state index is 12.1. The minimum atomic E-state index is -0.869. The van der Waals surface area contributed by atoms with Gasteiger partial charge in [-0.15, -0.1) is 0 Å². The summed E-state index contributed by atoms with van der Waals surface area (Å²) in [5.74, 6) is 0.414. The molecule has 1 rings (SSSR count). The average molecular weight is 270 g/mol. The molecule has 2 unspecified atom stereocenters. The molecule has 2 N–H and O–H groups in total. The first kappa shape index (κ1) is 15.8. The molecule has 0 aliphatic heterocycles. The maximum Gasteiger partial charge on any atom is 0.317 e. The van der Waals surface area contributed by atoms with E-state index >= 15 is 0 Å². The number of aliphatic carboxylic acids is 1. The number of carboxylic acids is 1. The summed E-state index contributed by atoms with van der Waals surface area (Å²) in [4.78, 5) is 24.2. The number of carbonyl (C=O) groups excluding carboxylic acids is 1. The van der Waals surface area contributed by atoms with E-state index in [9.17, 15) is 9.59 Å². The zero-order chi connectivity index (χ0) is 14.4. The molecule has 110 valence electrons. The van der Waals surface area contributed by atoms with Crippen LogP contribution in [-0.2, 0) is 4.79 Å².